The fourth-order valence-electron chi connectivity index (χ4n) is 5.82. The molecule has 5 amide bonds. The molecule has 4 rings (SSSR count). The summed E-state index contributed by atoms with van der Waals surface area (Å²) < 4.78 is 5.22. The summed E-state index contributed by atoms with van der Waals surface area (Å²) in [4.78, 5) is 64.8. The van der Waals surface area contributed by atoms with Crippen molar-refractivity contribution >= 4 is 29.7 Å². The standard InChI is InChI=1S/C25H31N3O6/c1-16-12-24(2,3)15-25(13-16)22(32)28(23(33)26-25)14-19(29)34-11-7-6-10-27-20(30)17-8-4-5-9-18(17)21(27)31/h4-5,8-9,16H,6-7,10-15H2,1-3H3,(H,26,33). The quantitative estimate of drug-likeness (QED) is 0.284. The summed E-state index contributed by atoms with van der Waals surface area (Å²) in [5, 5.41) is 2.84. The molecule has 3 aliphatic rings. The lowest BCUT2D eigenvalue weighted by Crippen LogP contribution is -2.54. The molecule has 1 aromatic carbocycles. The van der Waals surface area contributed by atoms with Gasteiger partial charge in [0.1, 0.15) is 12.1 Å². The third-order valence-electron chi connectivity index (χ3n) is 6.83. The van der Waals surface area contributed by atoms with E-state index in [4.69, 9.17) is 4.74 Å². The van der Waals surface area contributed by atoms with Crippen LogP contribution in [0.3, 0.4) is 0 Å². The van der Waals surface area contributed by atoms with Crippen LogP contribution in [0.4, 0.5) is 4.79 Å². The van der Waals surface area contributed by atoms with Crippen molar-refractivity contribution in [3.05, 3.63) is 35.4 Å². The number of hydrogen-bond donors (Lipinski definition) is 1. The molecule has 1 spiro atoms. The molecule has 2 aliphatic heterocycles. The number of rotatable bonds is 7. The van der Waals surface area contributed by atoms with Crippen LogP contribution in [0.25, 0.3) is 0 Å². The van der Waals surface area contributed by atoms with Gasteiger partial charge in [-0.2, -0.15) is 0 Å². The van der Waals surface area contributed by atoms with Gasteiger partial charge in [-0.1, -0.05) is 32.9 Å². The van der Waals surface area contributed by atoms with Gasteiger partial charge in [-0.15, -0.1) is 0 Å². The Morgan fingerprint density at radius 1 is 1.03 bits per heavy atom. The number of nitrogens with zero attached hydrogens (tertiary/aromatic N) is 2. The van der Waals surface area contributed by atoms with Crippen molar-refractivity contribution in [1.82, 2.24) is 15.1 Å². The summed E-state index contributed by atoms with van der Waals surface area (Å²) in [6, 6.07) is 6.14. The number of urea groups is 1. The molecule has 2 fully saturated rings. The number of nitrogens with one attached hydrogen (secondary N) is 1. The van der Waals surface area contributed by atoms with Gasteiger partial charge in [0, 0.05) is 6.54 Å². The summed E-state index contributed by atoms with van der Waals surface area (Å²) in [6.45, 7) is 6.11. The van der Waals surface area contributed by atoms with Gasteiger partial charge in [0.25, 0.3) is 17.7 Å². The molecule has 2 unspecified atom stereocenters. The Kier molecular flexibility index (Phi) is 6.22. The average Bonchev–Trinajstić information content (AvgIpc) is 3.11. The zero-order valence-electron chi connectivity index (χ0n) is 19.9. The number of amides is 5. The van der Waals surface area contributed by atoms with E-state index < -0.39 is 24.1 Å². The van der Waals surface area contributed by atoms with Crippen LogP contribution in [0, 0.1) is 11.3 Å². The molecule has 2 heterocycles. The summed E-state index contributed by atoms with van der Waals surface area (Å²) in [7, 11) is 0. The number of imide groups is 2. The van der Waals surface area contributed by atoms with Crippen LogP contribution < -0.4 is 5.32 Å². The van der Waals surface area contributed by atoms with Gasteiger partial charge in [-0.05, 0) is 55.6 Å². The van der Waals surface area contributed by atoms with Gasteiger partial charge in [0.2, 0.25) is 0 Å². The number of hydrogen-bond acceptors (Lipinski definition) is 6. The number of benzene rings is 1. The van der Waals surface area contributed by atoms with E-state index in [1.54, 1.807) is 24.3 Å². The van der Waals surface area contributed by atoms with Gasteiger partial charge < -0.3 is 10.1 Å². The van der Waals surface area contributed by atoms with Crippen molar-refractivity contribution < 1.29 is 28.7 Å². The minimum absolute atomic E-state index is 0.0703. The topological polar surface area (TPSA) is 113 Å². The minimum Gasteiger partial charge on any atom is -0.464 e. The highest BCUT2D eigenvalue weighted by atomic mass is 16.5. The first-order chi connectivity index (χ1) is 16.0. The maximum Gasteiger partial charge on any atom is 0.326 e. The number of esters is 1. The molecule has 0 radical (unpaired) electrons. The van der Waals surface area contributed by atoms with Gasteiger partial charge >= 0.3 is 12.0 Å². The lowest BCUT2D eigenvalue weighted by molar-refractivity contribution is -0.148. The van der Waals surface area contributed by atoms with E-state index in [-0.39, 0.29) is 42.2 Å². The highest BCUT2D eigenvalue weighted by molar-refractivity contribution is 6.21. The maximum absolute atomic E-state index is 13.1. The molecular weight excluding hydrogens is 438 g/mol. The van der Waals surface area contributed by atoms with Crippen molar-refractivity contribution in [2.24, 2.45) is 11.3 Å². The SMILES string of the molecule is CC1CC(C)(C)CC2(C1)NC(=O)N(CC(=O)OCCCCN1C(=O)c3ccccc3C1=O)C2=O. The van der Waals surface area contributed by atoms with E-state index in [2.05, 4.69) is 26.1 Å². The van der Waals surface area contributed by atoms with E-state index in [1.165, 1.54) is 4.90 Å². The van der Waals surface area contributed by atoms with Crippen LogP contribution in [0.1, 0.15) is 73.6 Å². The van der Waals surface area contributed by atoms with Crippen molar-refractivity contribution in [3.8, 4) is 0 Å². The number of ether oxygens (including phenoxy) is 1. The molecule has 0 aromatic heterocycles. The zero-order valence-corrected chi connectivity index (χ0v) is 19.9. The fourth-order valence-corrected chi connectivity index (χ4v) is 5.82. The molecule has 0 bridgehead atoms. The van der Waals surface area contributed by atoms with Gasteiger partial charge in [-0.25, -0.2) is 4.79 Å². The second kappa shape index (κ2) is 8.85. The molecule has 34 heavy (non-hydrogen) atoms. The monoisotopic (exact) mass is 469 g/mol. The Labute approximate surface area is 198 Å². The minimum atomic E-state index is -0.953. The van der Waals surface area contributed by atoms with Crippen molar-refractivity contribution in [2.45, 2.75) is 58.4 Å². The molecule has 182 valence electrons. The molecule has 1 saturated carbocycles. The predicted molar refractivity (Wildman–Crippen MR) is 122 cm³/mol. The summed E-state index contributed by atoms with van der Waals surface area (Å²) in [6.07, 6.45) is 2.98. The van der Waals surface area contributed by atoms with E-state index in [9.17, 15) is 24.0 Å². The predicted octanol–water partition coefficient (Wildman–Crippen LogP) is 2.74. The van der Waals surface area contributed by atoms with Gasteiger partial charge in [0.05, 0.1) is 17.7 Å². The van der Waals surface area contributed by atoms with Crippen molar-refractivity contribution in [3.63, 3.8) is 0 Å². The summed E-state index contributed by atoms with van der Waals surface area (Å²) in [5.41, 5.74) is -0.233. The van der Waals surface area contributed by atoms with E-state index in [0.717, 1.165) is 11.3 Å². The number of unbranched alkanes of at least 4 members (excludes halogenated alkanes) is 1. The smallest absolute Gasteiger partial charge is 0.326 e. The van der Waals surface area contributed by atoms with E-state index in [1.807, 2.05) is 0 Å². The molecule has 9 nitrogen and oxygen atoms in total. The van der Waals surface area contributed by atoms with Crippen molar-refractivity contribution in [2.75, 3.05) is 19.7 Å². The Bertz CT molecular complexity index is 1020. The molecule has 1 aromatic rings. The van der Waals surface area contributed by atoms with Crippen LogP contribution in [-0.4, -0.2) is 64.8 Å². The molecule has 1 aliphatic carbocycles. The number of carbonyl (C=O) groups excluding carboxylic acids is 5. The van der Waals surface area contributed by atoms with E-state index >= 15 is 0 Å². The fraction of sp³-hybridized carbons (Fsp3) is 0.560. The summed E-state index contributed by atoms with van der Waals surface area (Å²) >= 11 is 0. The first kappa shape index (κ1) is 23.9. The van der Waals surface area contributed by atoms with Crippen LogP contribution in [-0.2, 0) is 14.3 Å². The Morgan fingerprint density at radius 2 is 1.68 bits per heavy atom. The third-order valence-corrected chi connectivity index (χ3v) is 6.83. The van der Waals surface area contributed by atoms with Crippen LogP contribution in [0.2, 0.25) is 0 Å². The van der Waals surface area contributed by atoms with Crippen LogP contribution in [0.5, 0.6) is 0 Å². The molecule has 9 heteroatoms. The van der Waals surface area contributed by atoms with Gasteiger partial charge in [-0.3, -0.25) is 29.0 Å². The first-order valence-electron chi connectivity index (χ1n) is 11.8. The summed E-state index contributed by atoms with van der Waals surface area (Å²) in [5.74, 6) is -1.37. The Morgan fingerprint density at radius 3 is 2.29 bits per heavy atom. The third kappa shape index (κ3) is 4.43. The molecule has 1 saturated heterocycles. The highest BCUT2D eigenvalue weighted by Gasteiger charge is 2.56. The van der Waals surface area contributed by atoms with Crippen LogP contribution >= 0.6 is 0 Å². The maximum atomic E-state index is 13.1. The van der Waals surface area contributed by atoms with Crippen molar-refractivity contribution in [1.29, 1.82) is 0 Å². The molecule has 1 N–H and O–H groups in total. The largest absolute Gasteiger partial charge is 0.464 e. The van der Waals surface area contributed by atoms with E-state index in [0.29, 0.717) is 36.8 Å². The first-order valence-corrected chi connectivity index (χ1v) is 11.8. The average molecular weight is 470 g/mol. The normalized spacial score (nSPS) is 25.7. The number of carbonyl (C=O) groups is 5. The zero-order chi connectivity index (χ0) is 24.7. The molecule has 2 atom stereocenters. The second-order valence-electron chi connectivity index (χ2n) is 10.5. The number of fused-ring (bicyclic) bond motifs is 1. The lowest BCUT2D eigenvalue weighted by atomic mass is 9.64. The lowest BCUT2D eigenvalue weighted by Gasteiger charge is -2.43. The second-order valence-corrected chi connectivity index (χ2v) is 10.5. The van der Waals surface area contributed by atoms with Crippen LogP contribution in [0.15, 0.2) is 24.3 Å². The Balaban J connectivity index is 1.23. The highest BCUT2D eigenvalue weighted by Crippen LogP contribution is 2.46. The van der Waals surface area contributed by atoms with Gasteiger partial charge in [0.15, 0.2) is 0 Å². The Hall–Kier alpha value is -3.23. The molecular formula is C25H31N3O6.